The zero-order valence-corrected chi connectivity index (χ0v) is 26.2. The highest BCUT2D eigenvalue weighted by Gasteiger charge is 2.50. The average molecular weight is 709 g/mol. The number of nitrogens with zero attached hydrogens (tertiary/aromatic N) is 6. The van der Waals surface area contributed by atoms with Crippen molar-refractivity contribution in [3.05, 3.63) is 39.7 Å². The molecule has 4 aromatic heterocycles. The van der Waals surface area contributed by atoms with Gasteiger partial charge in [-0.25, -0.2) is 19.3 Å². The zero-order valence-electron chi connectivity index (χ0n) is 22.7. The number of anilines is 1. The van der Waals surface area contributed by atoms with Gasteiger partial charge in [0.15, 0.2) is 28.5 Å². The minimum absolute atomic E-state index is 0.0290. The number of imidazole rings is 2. The summed E-state index contributed by atoms with van der Waals surface area (Å²) in [7, 11) is -2.38. The van der Waals surface area contributed by atoms with Gasteiger partial charge in [0.05, 0.1) is 38.2 Å². The number of nitrogen functional groups attached to an aromatic ring is 1. The molecule has 0 aromatic carbocycles. The van der Waals surface area contributed by atoms with Crippen molar-refractivity contribution in [1.29, 1.82) is 0 Å². The van der Waals surface area contributed by atoms with Crippen molar-refractivity contribution in [2.45, 2.75) is 55.9 Å². The molecule has 4 aromatic rings. The van der Waals surface area contributed by atoms with Gasteiger partial charge in [-0.2, -0.15) is 4.98 Å². The molecule has 0 amide bonds. The fourth-order valence-corrected chi connectivity index (χ4v) is 7.01. The summed E-state index contributed by atoms with van der Waals surface area (Å²) >= 11 is 8.82. The Labute approximate surface area is 261 Å². The normalized spacial score (nSPS) is 28.6. The first-order valence-corrected chi connectivity index (χ1v) is 18.0. The number of aliphatic hydroxyl groups excluding tert-OH is 1. The van der Waals surface area contributed by atoms with Gasteiger partial charge < -0.3 is 39.3 Å². The zero-order chi connectivity index (χ0) is 32.0. The second-order valence-electron chi connectivity index (χ2n) is 10.0. The summed E-state index contributed by atoms with van der Waals surface area (Å²) < 4.78 is 57.5. The number of alkyl halides is 1. The van der Waals surface area contributed by atoms with Gasteiger partial charge in [-0.05, 0) is 16.4 Å². The third-order valence-electron chi connectivity index (χ3n) is 7.14. The lowest BCUT2D eigenvalue weighted by atomic mass is 10.1. The highest BCUT2D eigenvalue weighted by atomic mass is 32.7. The summed E-state index contributed by atoms with van der Waals surface area (Å²) in [5, 5.41) is 10.6. The number of aromatic nitrogens is 8. The molecule has 0 saturated carbocycles. The van der Waals surface area contributed by atoms with Crippen LogP contribution < -0.4 is 16.9 Å². The Morgan fingerprint density at radius 3 is 2.69 bits per heavy atom. The lowest BCUT2D eigenvalue weighted by Gasteiger charge is -2.26. The van der Waals surface area contributed by atoms with Gasteiger partial charge in [0.1, 0.15) is 49.5 Å². The number of hydrogen-bond donors (Lipinski definition) is 6. The molecular formula is C21H25FN9O10P2S2+. The Kier molecular flexibility index (Phi) is 9.16. The van der Waals surface area contributed by atoms with Crippen molar-refractivity contribution in [3.8, 4) is 0 Å². The molecule has 9 unspecified atom stereocenters. The molecule has 2 saturated heterocycles. The highest BCUT2D eigenvalue weighted by Crippen LogP contribution is 2.49. The molecule has 0 bridgehead atoms. The van der Waals surface area contributed by atoms with E-state index >= 15 is 4.39 Å². The standard InChI is InChI=1S/C21H24FN9O10P2S2/c22-13-11(3-37-42(35)44)39-9(2-30-6-26-15-18(30)28-21(23)29-20(15)34)16(13)41-43(36,45)38-4-10-8(32)1-12(40-10)31-7-27-14-17(31)24-5-25-19(14)33/h5-13,16,32H,1-4H2,(H5-,23,24,25,28,29,33,34,35,36,44,45)/p+1. The maximum absolute atomic E-state index is 15.7. The van der Waals surface area contributed by atoms with E-state index in [4.69, 9.17) is 40.6 Å². The van der Waals surface area contributed by atoms with Crippen LogP contribution in [0, 0.1) is 0 Å². The number of thiol groups is 1. The Morgan fingerprint density at radius 1 is 1.16 bits per heavy atom. The smallest absolute Gasteiger partial charge is 0.390 e. The third kappa shape index (κ3) is 6.72. The first-order valence-electron chi connectivity index (χ1n) is 13.1. The average Bonchev–Trinajstić information content (AvgIpc) is 3.74. The van der Waals surface area contributed by atoms with Crippen LogP contribution in [0.3, 0.4) is 0 Å². The summed E-state index contributed by atoms with van der Waals surface area (Å²) in [5.74, 6) is -0.175. The van der Waals surface area contributed by atoms with Gasteiger partial charge in [-0.15, -0.1) is 4.52 Å². The monoisotopic (exact) mass is 708 g/mol. The van der Waals surface area contributed by atoms with E-state index in [0.717, 1.165) is 0 Å². The number of hydrogen-bond acceptors (Lipinski definition) is 15. The predicted octanol–water partition coefficient (Wildman–Crippen LogP) is -0.189. The fourth-order valence-electron chi connectivity index (χ4n) is 5.09. The number of aliphatic hydroxyl groups is 1. The Hall–Kier alpha value is -2.75. The summed E-state index contributed by atoms with van der Waals surface area (Å²) in [5.41, 5.74) is 5.01. The van der Waals surface area contributed by atoms with Crippen LogP contribution in [0.1, 0.15) is 12.6 Å². The van der Waals surface area contributed by atoms with E-state index in [2.05, 4.69) is 42.2 Å². The number of nitrogens with one attached hydrogen (secondary N) is 2. The van der Waals surface area contributed by atoms with Crippen LogP contribution in [0.15, 0.2) is 28.6 Å². The maximum atomic E-state index is 15.7. The van der Waals surface area contributed by atoms with Crippen LogP contribution in [0.2, 0.25) is 0 Å². The number of fused-ring (bicyclic) bond motifs is 2. The number of H-pyrrole nitrogens is 2. The molecule has 6 N–H and O–H groups in total. The van der Waals surface area contributed by atoms with Gasteiger partial charge >= 0.3 is 13.9 Å². The number of ether oxygens (including phenoxy) is 2. The number of halogens is 1. The predicted molar refractivity (Wildman–Crippen MR) is 159 cm³/mol. The van der Waals surface area contributed by atoms with Gasteiger partial charge in [0.25, 0.3) is 11.1 Å². The van der Waals surface area contributed by atoms with Crippen LogP contribution in [0.5, 0.6) is 0 Å². The van der Waals surface area contributed by atoms with Gasteiger partial charge in [0, 0.05) is 6.42 Å². The minimum atomic E-state index is -4.22. The van der Waals surface area contributed by atoms with Crippen LogP contribution in [-0.4, -0.2) is 98.9 Å². The van der Waals surface area contributed by atoms with Crippen LogP contribution >= 0.6 is 26.2 Å². The van der Waals surface area contributed by atoms with Gasteiger partial charge in [0.2, 0.25) is 5.95 Å². The second kappa shape index (κ2) is 12.8. The molecule has 0 aliphatic carbocycles. The first-order chi connectivity index (χ1) is 21.4. The van der Waals surface area contributed by atoms with Crippen molar-refractivity contribution in [2.24, 2.45) is 0 Å². The quantitative estimate of drug-likeness (QED) is 0.0872. The van der Waals surface area contributed by atoms with E-state index in [0.29, 0.717) is 0 Å². The lowest BCUT2D eigenvalue weighted by Crippen LogP contribution is -2.35. The SMILES string of the molecule is Nc1nc2c(ncn2CC2OC(CO[P+](=O)S)C(F)C2OP(O)(=S)OCC2OC(n3cnc4c(=O)[nH]cnc43)CC2O)c(=O)[nH]1. The number of nitrogens with two attached hydrogens (primary N) is 1. The van der Waals surface area contributed by atoms with E-state index in [-0.39, 0.29) is 41.2 Å². The number of aromatic amines is 2. The largest absolute Gasteiger partial charge is 0.582 e. The molecule has 6 rings (SSSR count). The minimum Gasteiger partial charge on any atom is -0.390 e. The molecular weight excluding hydrogens is 683 g/mol. The molecule has 24 heteroatoms. The van der Waals surface area contributed by atoms with Gasteiger partial charge in [-0.3, -0.25) is 23.7 Å². The van der Waals surface area contributed by atoms with E-state index in [1.165, 1.54) is 28.1 Å². The van der Waals surface area contributed by atoms with Crippen molar-refractivity contribution >= 4 is 66.3 Å². The lowest BCUT2D eigenvalue weighted by molar-refractivity contribution is -0.0448. The Balaban J connectivity index is 1.15. The van der Waals surface area contributed by atoms with Crippen molar-refractivity contribution in [3.63, 3.8) is 0 Å². The van der Waals surface area contributed by atoms with E-state index in [1.54, 1.807) is 0 Å². The molecule has 2 aliphatic rings. The molecule has 2 aliphatic heterocycles. The summed E-state index contributed by atoms with van der Waals surface area (Å²) in [6.45, 7) is -5.31. The number of rotatable bonds is 11. The maximum Gasteiger partial charge on any atom is 0.582 e. The van der Waals surface area contributed by atoms with E-state index < -0.39 is 81.2 Å². The molecule has 9 atom stereocenters. The summed E-state index contributed by atoms with van der Waals surface area (Å²) in [6.07, 6.45) is -4.89. The molecule has 19 nitrogen and oxygen atoms in total. The first kappa shape index (κ1) is 32.2. The third-order valence-corrected chi connectivity index (χ3v) is 9.42. The van der Waals surface area contributed by atoms with Crippen molar-refractivity contribution < 1.29 is 42.0 Å². The van der Waals surface area contributed by atoms with Crippen molar-refractivity contribution in [2.75, 3.05) is 18.9 Å². The molecule has 0 radical (unpaired) electrons. The fraction of sp³-hybridized carbons (Fsp3) is 0.524. The molecule has 45 heavy (non-hydrogen) atoms. The van der Waals surface area contributed by atoms with E-state index in [9.17, 15) is 24.2 Å². The Bertz CT molecular complexity index is 1910. The second-order valence-corrected chi connectivity index (χ2v) is 14.5. The summed E-state index contributed by atoms with van der Waals surface area (Å²) in [6, 6.07) is 0. The molecule has 6 heterocycles. The van der Waals surface area contributed by atoms with E-state index in [1.807, 2.05) is 0 Å². The highest BCUT2D eigenvalue weighted by molar-refractivity contribution is 8.39. The van der Waals surface area contributed by atoms with Crippen LogP contribution in [-0.2, 0) is 46.0 Å². The van der Waals surface area contributed by atoms with Gasteiger partial charge in [-0.1, -0.05) is 0 Å². The van der Waals surface area contributed by atoms with Crippen molar-refractivity contribution in [1.82, 2.24) is 39.0 Å². The van der Waals surface area contributed by atoms with Crippen LogP contribution in [0.25, 0.3) is 22.3 Å². The molecule has 242 valence electrons. The Morgan fingerprint density at radius 2 is 1.91 bits per heavy atom. The topological polar surface area (TPSA) is 257 Å². The van der Waals surface area contributed by atoms with Crippen LogP contribution in [0.4, 0.5) is 10.3 Å². The molecule has 0 spiro atoms. The summed E-state index contributed by atoms with van der Waals surface area (Å²) in [4.78, 5) is 56.1. The molecule has 2 fully saturated rings.